The van der Waals surface area contributed by atoms with Crippen molar-refractivity contribution in [1.29, 1.82) is 0 Å². The standard InChI is InChI=1S/C8H8Si/c1-2-6-9-7-3-5-8(9)4-1/h1-4,6-7H,5H2. The van der Waals surface area contributed by atoms with Crippen LogP contribution in [0, 0.1) is 0 Å². The van der Waals surface area contributed by atoms with Gasteiger partial charge in [0.1, 0.15) is 0 Å². The fraction of sp³-hybridized carbons (Fsp3) is 0.125. The zero-order valence-electron chi connectivity index (χ0n) is 5.17. The monoisotopic (exact) mass is 132 g/mol. The summed E-state index contributed by atoms with van der Waals surface area (Å²) in [6.45, 7) is 0. The molecule has 2 heterocycles. The summed E-state index contributed by atoms with van der Waals surface area (Å²) in [5, 5.41) is 1.64. The van der Waals surface area contributed by atoms with E-state index in [1.165, 1.54) is 6.42 Å². The average Bonchev–Trinajstić information content (AvgIpc) is 2.33. The Morgan fingerprint density at radius 1 is 1.33 bits per heavy atom. The van der Waals surface area contributed by atoms with E-state index in [2.05, 4.69) is 35.7 Å². The first-order valence-electron chi connectivity index (χ1n) is 3.21. The Kier molecular flexibility index (Phi) is 1.09. The average molecular weight is 132 g/mol. The molecule has 0 radical (unpaired) electrons. The second-order valence-electron chi connectivity index (χ2n) is 2.31. The highest BCUT2D eigenvalue weighted by molar-refractivity contribution is 6.69. The molecular weight excluding hydrogens is 124 g/mol. The molecule has 0 nitrogen and oxygen atoms in total. The molecule has 0 fully saturated rings. The van der Waals surface area contributed by atoms with E-state index in [4.69, 9.17) is 0 Å². The molecule has 1 aliphatic rings. The van der Waals surface area contributed by atoms with E-state index in [9.17, 15) is 0 Å². The van der Waals surface area contributed by atoms with Crippen molar-refractivity contribution < 1.29 is 0 Å². The van der Waals surface area contributed by atoms with Crippen LogP contribution in [0.5, 0.6) is 0 Å². The van der Waals surface area contributed by atoms with Crippen LogP contribution in [0.4, 0.5) is 0 Å². The predicted octanol–water partition coefficient (Wildman–Crippen LogP) is 1.74. The van der Waals surface area contributed by atoms with Crippen molar-refractivity contribution >= 4 is 14.1 Å². The molecule has 1 aromatic rings. The highest BCUT2D eigenvalue weighted by Gasteiger charge is 2.01. The molecule has 0 amide bonds. The highest BCUT2D eigenvalue weighted by Crippen LogP contribution is 2.07. The lowest BCUT2D eigenvalue weighted by molar-refractivity contribution is 1.36. The summed E-state index contributed by atoms with van der Waals surface area (Å²) in [5.74, 6) is 0. The van der Waals surface area contributed by atoms with Gasteiger partial charge in [-0.15, -0.1) is 0 Å². The van der Waals surface area contributed by atoms with Crippen LogP contribution < -0.4 is 0 Å². The molecule has 0 spiro atoms. The molecule has 0 N–H and O–H groups in total. The van der Waals surface area contributed by atoms with E-state index < -0.39 is 0 Å². The van der Waals surface area contributed by atoms with Crippen LogP contribution in [0.15, 0.2) is 30.0 Å². The summed E-state index contributed by atoms with van der Waals surface area (Å²) < 4.78 is 0. The molecule has 0 saturated carbocycles. The zero-order valence-corrected chi connectivity index (χ0v) is 6.17. The van der Waals surface area contributed by atoms with E-state index in [1.807, 2.05) is 0 Å². The van der Waals surface area contributed by atoms with Crippen LogP contribution in [0.25, 0.3) is 5.70 Å². The Morgan fingerprint density at radius 3 is 3.22 bits per heavy atom. The van der Waals surface area contributed by atoms with Gasteiger partial charge >= 0.3 is 0 Å². The highest BCUT2D eigenvalue weighted by atomic mass is 28.2. The lowest BCUT2D eigenvalue weighted by Gasteiger charge is -1.92. The molecule has 0 saturated heterocycles. The Hall–Kier alpha value is -0.693. The van der Waals surface area contributed by atoms with Crippen LogP contribution in [0.2, 0.25) is 0 Å². The molecule has 9 heavy (non-hydrogen) atoms. The molecular formula is C8H8Si. The Balaban J connectivity index is 2.63. The number of rotatable bonds is 0. The van der Waals surface area contributed by atoms with Crippen molar-refractivity contribution in [3.63, 3.8) is 0 Å². The largest absolute Gasteiger partial charge is 0.0845 e. The third-order valence-corrected chi connectivity index (χ3v) is 3.95. The molecule has 0 bridgehead atoms. The van der Waals surface area contributed by atoms with Gasteiger partial charge in [-0.1, -0.05) is 40.8 Å². The van der Waals surface area contributed by atoms with Gasteiger partial charge in [-0.05, 0) is 6.42 Å². The first-order valence-corrected chi connectivity index (χ1v) is 4.87. The third kappa shape index (κ3) is 0.774. The zero-order chi connectivity index (χ0) is 6.10. The van der Waals surface area contributed by atoms with E-state index in [0.29, 0.717) is 0 Å². The van der Waals surface area contributed by atoms with E-state index in [0.717, 1.165) is 0 Å². The summed E-state index contributed by atoms with van der Waals surface area (Å²) in [5.41, 5.74) is 4.70. The summed E-state index contributed by atoms with van der Waals surface area (Å²) in [7, 11) is -0.285. The van der Waals surface area contributed by atoms with Gasteiger partial charge in [-0.25, -0.2) is 0 Å². The Morgan fingerprint density at radius 2 is 2.33 bits per heavy atom. The number of allylic oxidation sites excluding steroid dienone is 1. The summed E-state index contributed by atoms with van der Waals surface area (Å²) >= 11 is 0. The van der Waals surface area contributed by atoms with Crippen LogP contribution >= 0.6 is 0 Å². The SMILES string of the molecule is C1=C[si]2ccccc2C1. The second-order valence-corrected chi connectivity index (χ2v) is 4.52. The lowest BCUT2D eigenvalue weighted by atomic mass is 10.3. The number of hydrogen-bond donors (Lipinski definition) is 0. The lowest BCUT2D eigenvalue weighted by Crippen LogP contribution is -1.91. The molecule has 0 aliphatic carbocycles. The predicted molar refractivity (Wildman–Crippen MR) is 41.4 cm³/mol. The van der Waals surface area contributed by atoms with E-state index >= 15 is 0 Å². The maximum absolute atomic E-state index is 2.36. The molecule has 44 valence electrons. The molecule has 0 atom stereocenters. The van der Waals surface area contributed by atoms with Crippen molar-refractivity contribution in [1.82, 2.24) is 0 Å². The van der Waals surface area contributed by atoms with Crippen molar-refractivity contribution in [2.45, 2.75) is 6.42 Å². The molecule has 0 unspecified atom stereocenters. The quantitative estimate of drug-likeness (QED) is 0.472. The van der Waals surface area contributed by atoms with Gasteiger partial charge in [0.15, 0.2) is 0 Å². The molecule has 1 heteroatoms. The third-order valence-electron chi connectivity index (χ3n) is 1.69. The van der Waals surface area contributed by atoms with Crippen LogP contribution in [0.3, 0.4) is 0 Å². The molecule has 2 rings (SSSR count). The minimum absolute atomic E-state index is 0.285. The van der Waals surface area contributed by atoms with Crippen molar-refractivity contribution in [2.75, 3.05) is 0 Å². The van der Waals surface area contributed by atoms with Crippen molar-refractivity contribution in [3.05, 3.63) is 35.1 Å². The molecule has 0 aromatic carbocycles. The van der Waals surface area contributed by atoms with Crippen molar-refractivity contribution in [2.24, 2.45) is 0 Å². The first-order chi connectivity index (χ1) is 4.47. The maximum Gasteiger partial charge on any atom is 0.0679 e. The van der Waals surface area contributed by atoms with E-state index in [-0.39, 0.29) is 8.40 Å². The van der Waals surface area contributed by atoms with Crippen LogP contribution in [-0.2, 0) is 6.42 Å². The van der Waals surface area contributed by atoms with Crippen molar-refractivity contribution in [3.8, 4) is 0 Å². The second kappa shape index (κ2) is 1.92. The number of hydrogen-bond acceptors (Lipinski definition) is 0. The number of fused-ring (bicyclic) bond motifs is 1. The normalized spacial score (nSPS) is 13.8. The summed E-state index contributed by atoms with van der Waals surface area (Å²) in [4.78, 5) is 0. The van der Waals surface area contributed by atoms with Crippen LogP contribution in [-0.4, -0.2) is 8.40 Å². The minimum Gasteiger partial charge on any atom is -0.0845 e. The smallest absolute Gasteiger partial charge is 0.0679 e. The van der Waals surface area contributed by atoms with Gasteiger partial charge < -0.3 is 0 Å². The van der Waals surface area contributed by atoms with Gasteiger partial charge in [0.25, 0.3) is 0 Å². The van der Waals surface area contributed by atoms with Gasteiger partial charge in [0.05, 0.1) is 8.40 Å². The molecule has 1 aliphatic heterocycles. The van der Waals surface area contributed by atoms with E-state index in [1.54, 1.807) is 5.17 Å². The maximum atomic E-state index is 2.36. The van der Waals surface area contributed by atoms with Gasteiger partial charge in [0.2, 0.25) is 0 Å². The van der Waals surface area contributed by atoms with Gasteiger partial charge in [-0.2, -0.15) is 0 Å². The van der Waals surface area contributed by atoms with Gasteiger partial charge in [-0.3, -0.25) is 0 Å². The van der Waals surface area contributed by atoms with Crippen LogP contribution in [0.1, 0.15) is 5.17 Å². The summed E-state index contributed by atoms with van der Waals surface area (Å²) in [6.07, 6.45) is 3.48. The minimum atomic E-state index is -0.285. The topological polar surface area (TPSA) is 0 Å². The Bertz CT molecular complexity index is 250. The fourth-order valence-electron chi connectivity index (χ4n) is 1.20. The molecule has 1 aromatic heterocycles. The van der Waals surface area contributed by atoms with Gasteiger partial charge in [0, 0.05) is 0 Å². The fourth-order valence-corrected chi connectivity index (χ4v) is 3.07. The summed E-state index contributed by atoms with van der Waals surface area (Å²) in [6, 6.07) is 6.55. The Labute approximate surface area is 56.4 Å². The first kappa shape index (κ1) is 5.12.